The molecule has 2 aromatic carbocycles. The van der Waals surface area contributed by atoms with Gasteiger partial charge in [-0.1, -0.05) is 43.7 Å². The highest BCUT2D eigenvalue weighted by Crippen LogP contribution is 2.38. The van der Waals surface area contributed by atoms with E-state index in [2.05, 4.69) is 34.5 Å². The van der Waals surface area contributed by atoms with Gasteiger partial charge in [-0.2, -0.15) is 0 Å². The summed E-state index contributed by atoms with van der Waals surface area (Å²) in [6.07, 6.45) is 3.93. The van der Waals surface area contributed by atoms with Crippen LogP contribution in [0.4, 0.5) is 14.6 Å². The maximum absolute atomic E-state index is 15.0. The Labute approximate surface area is 225 Å². The number of ether oxygens (including phenoxy) is 1. The van der Waals surface area contributed by atoms with Crippen molar-refractivity contribution >= 4 is 44.4 Å². The molecule has 6 nitrogen and oxygen atoms in total. The molecule has 0 aliphatic heterocycles. The van der Waals surface area contributed by atoms with Gasteiger partial charge in [0.2, 0.25) is 0 Å². The number of rotatable bonds is 10. The molecule has 11 heteroatoms. The van der Waals surface area contributed by atoms with Gasteiger partial charge in [-0.25, -0.2) is 22.2 Å². The zero-order valence-electron chi connectivity index (χ0n) is 20.5. The molecule has 2 atom stereocenters. The molecule has 0 saturated heterocycles. The summed E-state index contributed by atoms with van der Waals surface area (Å²) in [4.78, 5) is 5.63. The number of sulfonamides is 1. The molecule has 37 heavy (non-hydrogen) atoms. The minimum absolute atomic E-state index is 0.0254. The van der Waals surface area contributed by atoms with Crippen LogP contribution in [-0.2, 0) is 10.0 Å². The number of aromatic nitrogens is 1. The lowest BCUT2D eigenvalue weighted by Gasteiger charge is -2.39. The quantitative estimate of drug-likeness (QED) is 0.304. The molecule has 1 aliphatic carbocycles. The van der Waals surface area contributed by atoms with Crippen LogP contribution >= 0.6 is 22.9 Å². The molecule has 0 amide bonds. The summed E-state index contributed by atoms with van der Waals surface area (Å²) in [6.45, 7) is 6.09. The van der Waals surface area contributed by atoms with E-state index in [9.17, 15) is 17.2 Å². The third-order valence-electron chi connectivity index (χ3n) is 6.52. The topological polar surface area (TPSA) is 71.5 Å². The van der Waals surface area contributed by atoms with Crippen molar-refractivity contribution in [3.63, 3.8) is 0 Å². The highest BCUT2D eigenvalue weighted by molar-refractivity contribution is 7.92. The lowest BCUT2D eigenvalue weighted by atomic mass is 9.79. The van der Waals surface area contributed by atoms with Crippen LogP contribution in [0.1, 0.15) is 32.3 Å². The van der Waals surface area contributed by atoms with E-state index >= 15 is 0 Å². The van der Waals surface area contributed by atoms with Crippen LogP contribution in [0, 0.1) is 17.6 Å². The van der Waals surface area contributed by atoms with Gasteiger partial charge in [0, 0.05) is 23.4 Å². The van der Waals surface area contributed by atoms with Gasteiger partial charge in [0.1, 0.15) is 22.3 Å². The SMILES string of the molecule is CCN(CC)C1CCC=C(c2ccc(F)cc2)C1COc1cc(F)c(S(=O)(=O)Nc2cscn2)cc1Cl. The fourth-order valence-electron chi connectivity index (χ4n) is 4.74. The van der Waals surface area contributed by atoms with Gasteiger partial charge in [0.05, 0.1) is 17.1 Å². The van der Waals surface area contributed by atoms with Crippen LogP contribution in [0.5, 0.6) is 5.75 Å². The van der Waals surface area contributed by atoms with Crippen molar-refractivity contribution in [2.45, 2.75) is 37.6 Å². The van der Waals surface area contributed by atoms with Gasteiger partial charge >= 0.3 is 0 Å². The molecule has 3 aromatic rings. The minimum atomic E-state index is -4.23. The second-order valence-electron chi connectivity index (χ2n) is 8.64. The molecule has 0 bridgehead atoms. The first-order valence-electron chi connectivity index (χ1n) is 12.0. The first kappa shape index (κ1) is 27.5. The monoisotopic (exact) mass is 567 g/mol. The normalized spacial score (nSPS) is 18.1. The average molecular weight is 568 g/mol. The van der Waals surface area contributed by atoms with Crippen LogP contribution in [0.2, 0.25) is 5.02 Å². The van der Waals surface area contributed by atoms with E-state index < -0.39 is 20.7 Å². The Morgan fingerprint density at radius 1 is 1.19 bits per heavy atom. The van der Waals surface area contributed by atoms with E-state index in [1.54, 1.807) is 12.1 Å². The van der Waals surface area contributed by atoms with Gasteiger partial charge < -0.3 is 9.64 Å². The number of benzene rings is 2. The van der Waals surface area contributed by atoms with Gasteiger partial charge in [0.15, 0.2) is 5.82 Å². The fraction of sp³-hybridized carbons (Fsp3) is 0.346. The van der Waals surface area contributed by atoms with Crippen molar-refractivity contribution in [3.05, 3.63) is 75.6 Å². The van der Waals surface area contributed by atoms with E-state index in [1.807, 2.05) is 0 Å². The molecule has 0 fully saturated rings. The Morgan fingerprint density at radius 3 is 2.57 bits per heavy atom. The Hall–Kier alpha value is -2.53. The summed E-state index contributed by atoms with van der Waals surface area (Å²) in [5, 5.41) is 1.47. The molecule has 1 N–H and O–H groups in total. The van der Waals surface area contributed by atoms with Crippen molar-refractivity contribution in [3.8, 4) is 5.75 Å². The smallest absolute Gasteiger partial charge is 0.266 e. The third kappa shape index (κ3) is 6.31. The summed E-state index contributed by atoms with van der Waals surface area (Å²) in [7, 11) is -4.23. The average Bonchev–Trinajstić information content (AvgIpc) is 3.38. The summed E-state index contributed by atoms with van der Waals surface area (Å²) in [6, 6.07) is 8.56. The summed E-state index contributed by atoms with van der Waals surface area (Å²) >= 11 is 7.57. The number of nitrogens with zero attached hydrogens (tertiary/aromatic N) is 2. The molecule has 4 rings (SSSR count). The Kier molecular flexibility index (Phi) is 8.84. The van der Waals surface area contributed by atoms with Crippen molar-refractivity contribution < 1.29 is 21.9 Å². The van der Waals surface area contributed by atoms with Crippen LogP contribution in [0.3, 0.4) is 0 Å². The van der Waals surface area contributed by atoms with Gasteiger partial charge in [-0.3, -0.25) is 4.72 Å². The number of hydrogen-bond acceptors (Lipinski definition) is 6. The lowest BCUT2D eigenvalue weighted by Crippen LogP contribution is -2.44. The summed E-state index contributed by atoms with van der Waals surface area (Å²) in [5.74, 6) is -1.24. The number of anilines is 1. The Bertz CT molecular complexity index is 1350. The molecule has 198 valence electrons. The number of thiazole rings is 1. The number of hydrogen-bond donors (Lipinski definition) is 1. The lowest BCUT2D eigenvalue weighted by molar-refractivity contribution is 0.131. The number of halogens is 3. The molecule has 2 unspecified atom stereocenters. The van der Waals surface area contributed by atoms with Crippen LogP contribution in [0.25, 0.3) is 5.57 Å². The van der Waals surface area contributed by atoms with E-state index in [1.165, 1.54) is 34.4 Å². The molecule has 1 aromatic heterocycles. The molecule has 0 saturated carbocycles. The minimum Gasteiger partial charge on any atom is -0.491 e. The summed E-state index contributed by atoms with van der Waals surface area (Å²) in [5.41, 5.74) is 3.40. The van der Waals surface area contributed by atoms with E-state index in [-0.39, 0.29) is 41.0 Å². The van der Waals surface area contributed by atoms with Crippen LogP contribution in [0.15, 0.2) is 58.3 Å². The van der Waals surface area contributed by atoms with Crippen LogP contribution in [-0.4, -0.2) is 44.0 Å². The first-order valence-corrected chi connectivity index (χ1v) is 14.8. The second-order valence-corrected chi connectivity index (χ2v) is 11.4. The largest absolute Gasteiger partial charge is 0.491 e. The van der Waals surface area contributed by atoms with Gasteiger partial charge in [-0.15, -0.1) is 11.3 Å². The van der Waals surface area contributed by atoms with Gasteiger partial charge in [-0.05, 0) is 55.3 Å². The Balaban J connectivity index is 1.60. The van der Waals surface area contributed by atoms with E-state index in [4.69, 9.17) is 16.3 Å². The predicted molar refractivity (Wildman–Crippen MR) is 144 cm³/mol. The Morgan fingerprint density at radius 2 is 1.92 bits per heavy atom. The zero-order chi connectivity index (χ0) is 26.6. The summed E-state index contributed by atoms with van der Waals surface area (Å²) < 4.78 is 62.2. The standard InChI is InChI=1S/C26H28ClF2N3O3S2/c1-3-32(4-2)23-7-5-6-19(17-8-10-18(28)11-9-17)20(23)14-35-24-13-22(29)25(12-21(24)27)37(33,34)31-26-15-36-16-30-26/h6,8-13,15-16,20,23,31H,3-5,7,14H2,1-2H3. The first-order chi connectivity index (χ1) is 17.7. The molecule has 0 radical (unpaired) electrons. The molecule has 1 aliphatic rings. The van der Waals surface area contributed by atoms with Crippen LogP contribution < -0.4 is 9.46 Å². The molecular weight excluding hydrogens is 540 g/mol. The van der Waals surface area contributed by atoms with Crippen molar-refractivity contribution in [2.75, 3.05) is 24.4 Å². The van der Waals surface area contributed by atoms with E-state index in [0.717, 1.165) is 49.2 Å². The third-order valence-corrected chi connectivity index (χ3v) is 8.77. The molecule has 0 spiro atoms. The predicted octanol–water partition coefficient (Wildman–Crippen LogP) is 6.46. The molecule has 1 heterocycles. The maximum Gasteiger partial charge on any atom is 0.266 e. The number of allylic oxidation sites excluding steroid dienone is 1. The van der Waals surface area contributed by atoms with Crippen molar-refractivity contribution in [1.82, 2.24) is 9.88 Å². The second kappa shape index (κ2) is 11.9. The van der Waals surface area contributed by atoms with E-state index in [0.29, 0.717) is 0 Å². The van der Waals surface area contributed by atoms with Crippen molar-refractivity contribution in [1.29, 1.82) is 0 Å². The fourth-order valence-corrected chi connectivity index (χ4v) is 6.66. The van der Waals surface area contributed by atoms with Crippen molar-refractivity contribution in [2.24, 2.45) is 5.92 Å². The van der Waals surface area contributed by atoms with Gasteiger partial charge in [0.25, 0.3) is 10.0 Å². The number of nitrogens with one attached hydrogen (secondary N) is 1. The zero-order valence-corrected chi connectivity index (χ0v) is 22.8. The molecular formula is C26H28ClF2N3O3S2. The maximum atomic E-state index is 15.0. The highest BCUT2D eigenvalue weighted by Gasteiger charge is 2.33. The highest BCUT2D eigenvalue weighted by atomic mass is 35.5.